The lowest BCUT2D eigenvalue weighted by Crippen LogP contribution is -2.42. The van der Waals surface area contributed by atoms with Crippen LogP contribution in [0.25, 0.3) is 0 Å². The molecule has 1 atom stereocenters. The molecule has 1 unspecified atom stereocenters. The van der Waals surface area contributed by atoms with E-state index in [0.717, 1.165) is 12.8 Å². The minimum atomic E-state index is -0.183. The van der Waals surface area contributed by atoms with Crippen molar-refractivity contribution in [3.8, 4) is 0 Å². The van der Waals surface area contributed by atoms with E-state index in [9.17, 15) is 4.79 Å². The molecule has 3 N–H and O–H groups in total. The third-order valence-electron chi connectivity index (χ3n) is 3.45. The van der Waals surface area contributed by atoms with E-state index in [0.29, 0.717) is 6.54 Å². The molecule has 0 spiro atoms. The topological polar surface area (TPSA) is 60.0 Å². The normalized spacial score (nSPS) is 19.7. The maximum Gasteiger partial charge on any atom is 0.240 e. The molecule has 0 radical (unpaired) electrons. The number of fused-ring (bicyclic) bond motifs is 1. The van der Waals surface area contributed by atoms with Crippen molar-refractivity contribution in [3.63, 3.8) is 0 Å². The molecule has 0 bridgehead atoms. The highest BCUT2D eigenvalue weighted by Crippen LogP contribution is 2.27. The third-order valence-corrected chi connectivity index (χ3v) is 3.45. The second kappa shape index (κ2) is 5.37. The number of hydrogen-bond acceptors (Lipinski definition) is 2. The molecular weight excluding hydrogens is 238 g/mol. The Labute approximate surface area is 115 Å². The van der Waals surface area contributed by atoms with Crippen LogP contribution in [0.4, 0.5) is 0 Å². The predicted molar refractivity (Wildman–Crippen MR) is 76.8 cm³/mol. The van der Waals surface area contributed by atoms with Crippen molar-refractivity contribution in [3.05, 3.63) is 23.5 Å². The molecule has 4 nitrogen and oxygen atoms in total. The van der Waals surface area contributed by atoms with E-state index in [1.165, 1.54) is 24.0 Å². The molecule has 1 heterocycles. The van der Waals surface area contributed by atoms with Crippen LogP contribution in [0, 0.1) is 0 Å². The van der Waals surface area contributed by atoms with E-state index in [1.807, 2.05) is 31.5 Å². The van der Waals surface area contributed by atoms with Gasteiger partial charge in [0.25, 0.3) is 0 Å². The van der Waals surface area contributed by atoms with Crippen LogP contribution >= 0.6 is 0 Å². The van der Waals surface area contributed by atoms with E-state index in [2.05, 4.69) is 11.5 Å². The minimum Gasteiger partial charge on any atom is -0.350 e. The highest BCUT2D eigenvalue weighted by atomic mass is 16.2. The first-order valence-electron chi connectivity index (χ1n) is 7.10. The molecule has 1 aliphatic rings. The van der Waals surface area contributed by atoms with E-state index < -0.39 is 0 Å². The van der Waals surface area contributed by atoms with Gasteiger partial charge in [-0.05, 0) is 51.2 Å². The van der Waals surface area contributed by atoms with Gasteiger partial charge in [0.15, 0.2) is 0 Å². The van der Waals surface area contributed by atoms with Crippen molar-refractivity contribution in [2.24, 2.45) is 5.73 Å². The highest BCUT2D eigenvalue weighted by molar-refractivity contribution is 5.76. The molecule has 4 heteroatoms. The fourth-order valence-electron chi connectivity index (χ4n) is 2.67. The maximum atomic E-state index is 11.9. The number of amides is 1. The van der Waals surface area contributed by atoms with Crippen molar-refractivity contribution >= 4 is 5.91 Å². The number of carbonyl (C=O) groups is 1. The van der Waals surface area contributed by atoms with Gasteiger partial charge in [-0.25, -0.2) is 0 Å². The van der Waals surface area contributed by atoms with Gasteiger partial charge in [0.2, 0.25) is 5.91 Å². The zero-order valence-corrected chi connectivity index (χ0v) is 12.2. The van der Waals surface area contributed by atoms with Crippen LogP contribution in [0.15, 0.2) is 12.4 Å². The summed E-state index contributed by atoms with van der Waals surface area (Å²) in [4.78, 5) is 11.9. The standard InChI is InChI=1S/C15H25N3O/c1-15(2,3)17-14(19)10-18-8-11-6-4-5-7-13(16)12(11)9-18/h8-9,13H,4-7,10,16H2,1-3H3,(H,17,19). The molecule has 0 aliphatic heterocycles. The van der Waals surface area contributed by atoms with Gasteiger partial charge < -0.3 is 15.6 Å². The smallest absolute Gasteiger partial charge is 0.240 e. The van der Waals surface area contributed by atoms with Crippen LogP contribution in [0.1, 0.15) is 57.2 Å². The average molecular weight is 263 g/mol. The van der Waals surface area contributed by atoms with Crippen molar-refractivity contribution in [2.75, 3.05) is 0 Å². The Morgan fingerprint density at radius 1 is 1.42 bits per heavy atom. The van der Waals surface area contributed by atoms with Gasteiger partial charge in [0, 0.05) is 24.0 Å². The van der Waals surface area contributed by atoms with Gasteiger partial charge in [-0.2, -0.15) is 0 Å². The quantitative estimate of drug-likeness (QED) is 0.803. The summed E-state index contributed by atoms with van der Waals surface area (Å²) in [5.74, 6) is 0.0474. The Bertz CT molecular complexity index is 456. The number of nitrogens with zero attached hydrogens (tertiary/aromatic N) is 1. The number of nitrogens with one attached hydrogen (secondary N) is 1. The summed E-state index contributed by atoms with van der Waals surface area (Å²) in [6.07, 6.45) is 8.65. The van der Waals surface area contributed by atoms with Gasteiger partial charge in [0.05, 0.1) is 0 Å². The number of carbonyl (C=O) groups excluding carboxylic acids is 1. The Balaban J connectivity index is 2.07. The van der Waals surface area contributed by atoms with Crippen LogP contribution in [-0.4, -0.2) is 16.0 Å². The highest BCUT2D eigenvalue weighted by Gasteiger charge is 2.19. The lowest BCUT2D eigenvalue weighted by Gasteiger charge is -2.20. The number of aromatic nitrogens is 1. The predicted octanol–water partition coefficient (Wildman–Crippen LogP) is 2.13. The maximum absolute atomic E-state index is 11.9. The summed E-state index contributed by atoms with van der Waals surface area (Å²) in [6.45, 7) is 6.35. The van der Waals surface area contributed by atoms with E-state index >= 15 is 0 Å². The van der Waals surface area contributed by atoms with Gasteiger partial charge in [-0.1, -0.05) is 6.42 Å². The summed E-state index contributed by atoms with van der Waals surface area (Å²) >= 11 is 0. The Hall–Kier alpha value is -1.29. The number of nitrogens with two attached hydrogens (primary N) is 1. The van der Waals surface area contributed by atoms with Crippen LogP contribution in [0.5, 0.6) is 0 Å². The molecule has 1 aromatic heterocycles. The molecule has 0 saturated carbocycles. The Morgan fingerprint density at radius 2 is 2.16 bits per heavy atom. The minimum absolute atomic E-state index is 0.0474. The Kier molecular flexibility index (Phi) is 3.99. The molecule has 0 aromatic carbocycles. The summed E-state index contributed by atoms with van der Waals surface area (Å²) in [5, 5.41) is 2.98. The Morgan fingerprint density at radius 3 is 2.84 bits per heavy atom. The molecule has 1 aliphatic carbocycles. The molecule has 0 saturated heterocycles. The fourth-order valence-corrected chi connectivity index (χ4v) is 2.67. The monoisotopic (exact) mass is 263 g/mol. The van der Waals surface area contributed by atoms with Crippen LogP contribution in [0.2, 0.25) is 0 Å². The lowest BCUT2D eigenvalue weighted by molar-refractivity contribution is -0.123. The van der Waals surface area contributed by atoms with Crippen molar-refractivity contribution in [2.45, 2.75) is 64.6 Å². The second-order valence-corrected chi connectivity index (χ2v) is 6.56. The van der Waals surface area contributed by atoms with Gasteiger partial charge in [-0.3, -0.25) is 4.79 Å². The summed E-state index contributed by atoms with van der Waals surface area (Å²) < 4.78 is 1.97. The van der Waals surface area contributed by atoms with Crippen LogP contribution in [-0.2, 0) is 17.8 Å². The number of aryl methyl sites for hydroxylation is 1. The van der Waals surface area contributed by atoms with Crippen LogP contribution < -0.4 is 11.1 Å². The van der Waals surface area contributed by atoms with Crippen molar-refractivity contribution in [1.29, 1.82) is 0 Å². The van der Waals surface area contributed by atoms with Gasteiger partial charge in [-0.15, -0.1) is 0 Å². The fraction of sp³-hybridized carbons (Fsp3) is 0.667. The third kappa shape index (κ3) is 3.83. The molecule has 1 aromatic rings. The van der Waals surface area contributed by atoms with Crippen LogP contribution in [0.3, 0.4) is 0 Å². The van der Waals surface area contributed by atoms with E-state index in [-0.39, 0.29) is 17.5 Å². The number of hydrogen-bond donors (Lipinski definition) is 2. The largest absolute Gasteiger partial charge is 0.350 e. The first kappa shape index (κ1) is 14.1. The summed E-state index contributed by atoms with van der Waals surface area (Å²) in [5.41, 5.74) is 8.53. The van der Waals surface area contributed by atoms with Gasteiger partial charge in [0.1, 0.15) is 6.54 Å². The molecule has 2 rings (SSSR count). The molecule has 19 heavy (non-hydrogen) atoms. The lowest BCUT2D eigenvalue weighted by atomic mass is 10.1. The van der Waals surface area contributed by atoms with E-state index in [1.54, 1.807) is 0 Å². The average Bonchev–Trinajstić information content (AvgIpc) is 2.57. The first-order chi connectivity index (χ1) is 8.85. The summed E-state index contributed by atoms with van der Waals surface area (Å²) in [6, 6.07) is 0.129. The molecule has 1 amide bonds. The van der Waals surface area contributed by atoms with Crippen molar-refractivity contribution < 1.29 is 4.79 Å². The zero-order chi connectivity index (χ0) is 14.0. The molecular formula is C15H25N3O. The first-order valence-corrected chi connectivity index (χ1v) is 7.10. The van der Waals surface area contributed by atoms with Gasteiger partial charge >= 0.3 is 0 Å². The number of rotatable bonds is 2. The van der Waals surface area contributed by atoms with E-state index in [4.69, 9.17) is 5.73 Å². The molecule has 0 fully saturated rings. The molecule has 106 valence electrons. The zero-order valence-electron chi connectivity index (χ0n) is 12.2. The SMILES string of the molecule is CC(C)(C)NC(=O)Cn1cc2c(c1)C(N)CCCC2. The van der Waals surface area contributed by atoms with Crippen molar-refractivity contribution in [1.82, 2.24) is 9.88 Å². The summed E-state index contributed by atoms with van der Waals surface area (Å²) in [7, 11) is 0. The second-order valence-electron chi connectivity index (χ2n) is 6.56.